The van der Waals surface area contributed by atoms with Gasteiger partial charge in [-0.2, -0.15) is 0 Å². The van der Waals surface area contributed by atoms with E-state index in [4.69, 9.17) is 27.6 Å². The van der Waals surface area contributed by atoms with Crippen molar-refractivity contribution < 1.29 is 4.42 Å². The number of para-hydroxylation sites is 2. The van der Waals surface area contributed by atoms with E-state index in [1.54, 1.807) is 6.07 Å². The van der Waals surface area contributed by atoms with Gasteiger partial charge < -0.3 is 8.98 Å². The van der Waals surface area contributed by atoms with Crippen molar-refractivity contribution in [1.29, 1.82) is 0 Å². The largest absolute Gasteiger partial charge is 0.455 e. The van der Waals surface area contributed by atoms with E-state index in [0.717, 1.165) is 55.2 Å². The van der Waals surface area contributed by atoms with Gasteiger partial charge in [-0.3, -0.25) is 0 Å². The van der Waals surface area contributed by atoms with Crippen molar-refractivity contribution >= 4 is 66.9 Å². The molecule has 7 aromatic rings. The molecule has 2 aromatic heterocycles. The summed E-state index contributed by atoms with van der Waals surface area (Å²) in [6, 6.07) is 35.2. The van der Waals surface area contributed by atoms with Crippen molar-refractivity contribution in [3.05, 3.63) is 113 Å². The van der Waals surface area contributed by atoms with E-state index in [2.05, 4.69) is 77.4 Å². The molecule has 2 heterocycles. The summed E-state index contributed by atoms with van der Waals surface area (Å²) in [5.41, 5.74) is 7.24. The van der Waals surface area contributed by atoms with E-state index in [1.807, 2.05) is 24.3 Å². The third-order valence-electron chi connectivity index (χ3n) is 6.50. The van der Waals surface area contributed by atoms with Gasteiger partial charge >= 0.3 is 0 Å². The molecule has 0 fully saturated rings. The molecule has 0 amide bonds. The average Bonchev–Trinajstić information content (AvgIpc) is 3.39. The molecule has 162 valence electrons. The Hall–Kier alpha value is -3.72. The summed E-state index contributed by atoms with van der Waals surface area (Å²) in [5, 5.41) is 5.84. The molecule has 0 bridgehead atoms. The molecular formula is C30H17Cl2NO. The van der Waals surface area contributed by atoms with Crippen molar-refractivity contribution in [2.75, 3.05) is 0 Å². The normalized spacial score (nSPS) is 11.8. The second-order valence-corrected chi connectivity index (χ2v) is 9.37. The number of rotatable bonds is 2. The SMILES string of the molecule is Clc1cc(Cl)cc(-c2ccc(-n3c4ccccc4c4c5oc6ccccc6c5ccc43)cc2)c1. The zero-order valence-electron chi connectivity index (χ0n) is 17.9. The number of furan rings is 1. The molecule has 0 saturated heterocycles. The van der Waals surface area contributed by atoms with Crippen molar-refractivity contribution in [3.63, 3.8) is 0 Å². The standard InChI is InChI=1S/C30H17Cl2NO/c31-20-15-19(16-21(32)17-20)18-9-11-22(12-10-18)33-26-7-3-1-6-25(26)29-27(33)14-13-24-23-5-2-4-8-28(23)34-30(24)29/h1-17H. The third-order valence-corrected chi connectivity index (χ3v) is 6.94. The molecule has 34 heavy (non-hydrogen) atoms. The minimum absolute atomic E-state index is 0.629. The van der Waals surface area contributed by atoms with Gasteiger partial charge in [-0.25, -0.2) is 0 Å². The molecule has 0 aliphatic rings. The minimum atomic E-state index is 0.629. The second kappa shape index (κ2) is 7.39. The quantitative estimate of drug-likeness (QED) is 0.242. The highest BCUT2D eigenvalue weighted by atomic mass is 35.5. The highest BCUT2D eigenvalue weighted by Gasteiger charge is 2.18. The fourth-order valence-electron chi connectivity index (χ4n) is 5.04. The number of aromatic nitrogens is 1. The first-order valence-electron chi connectivity index (χ1n) is 11.1. The maximum Gasteiger partial charge on any atom is 0.145 e. The van der Waals surface area contributed by atoms with Crippen LogP contribution < -0.4 is 0 Å². The lowest BCUT2D eigenvalue weighted by molar-refractivity contribution is 0.673. The molecule has 0 aliphatic heterocycles. The fourth-order valence-corrected chi connectivity index (χ4v) is 5.56. The van der Waals surface area contributed by atoms with Gasteiger partial charge in [0.2, 0.25) is 0 Å². The zero-order valence-corrected chi connectivity index (χ0v) is 19.4. The van der Waals surface area contributed by atoms with Crippen molar-refractivity contribution in [2.24, 2.45) is 0 Å². The summed E-state index contributed by atoms with van der Waals surface area (Å²) < 4.78 is 8.68. The summed E-state index contributed by atoms with van der Waals surface area (Å²) in [5.74, 6) is 0. The molecule has 0 aliphatic carbocycles. The monoisotopic (exact) mass is 477 g/mol. The third kappa shape index (κ3) is 2.89. The predicted molar refractivity (Wildman–Crippen MR) is 144 cm³/mol. The average molecular weight is 478 g/mol. The number of fused-ring (bicyclic) bond motifs is 7. The summed E-state index contributed by atoms with van der Waals surface area (Å²) in [4.78, 5) is 0. The molecule has 7 rings (SSSR count). The lowest BCUT2D eigenvalue weighted by atomic mass is 10.1. The molecule has 0 unspecified atom stereocenters. The van der Waals surface area contributed by atoms with Crippen LogP contribution in [0.4, 0.5) is 0 Å². The summed E-state index contributed by atoms with van der Waals surface area (Å²) in [7, 11) is 0. The van der Waals surface area contributed by atoms with E-state index in [9.17, 15) is 0 Å². The molecule has 0 saturated carbocycles. The summed E-state index contributed by atoms with van der Waals surface area (Å²) >= 11 is 12.4. The van der Waals surface area contributed by atoms with Gasteiger partial charge in [0.05, 0.1) is 16.4 Å². The maximum atomic E-state index is 6.38. The van der Waals surface area contributed by atoms with Gasteiger partial charge in [-0.15, -0.1) is 0 Å². The van der Waals surface area contributed by atoms with Crippen LogP contribution in [0.2, 0.25) is 10.0 Å². The van der Waals surface area contributed by atoms with Crippen LogP contribution in [0, 0.1) is 0 Å². The molecule has 0 N–H and O–H groups in total. The van der Waals surface area contributed by atoms with Crippen LogP contribution in [-0.2, 0) is 0 Å². The van der Waals surface area contributed by atoms with Crippen LogP contribution >= 0.6 is 23.2 Å². The number of hydrogen-bond donors (Lipinski definition) is 0. The van der Waals surface area contributed by atoms with E-state index in [0.29, 0.717) is 10.0 Å². The Labute approximate surface area is 205 Å². The van der Waals surface area contributed by atoms with Gasteiger partial charge in [0.1, 0.15) is 11.2 Å². The highest BCUT2D eigenvalue weighted by Crippen LogP contribution is 2.40. The molecule has 0 atom stereocenters. The van der Waals surface area contributed by atoms with Gasteiger partial charge in [-0.05, 0) is 65.7 Å². The first-order chi connectivity index (χ1) is 16.7. The predicted octanol–water partition coefficient (Wildman–Crippen LogP) is 9.66. The van der Waals surface area contributed by atoms with Crippen molar-refractivity contribution in [3.8, 4) is 16.8 Å². The van der Waals surface area contributed by atoms with E-state index in [-0.39, 0.29) is 0 Å². The Bertz CT molecular complexity index is 1860. The Balaban J connectivity index is 1.49. The zero-order chi connectivity index (χ0) is 22.8. The molecule has 4 heteroatoms. The molecule has 2 nitrogen and oxygen atoms in total. The van der Waals surface area contributed by atoms with Crippen LogP contribution in [0.15, 0.2) is 108 Å². The van der Waals surface area contributed by atoms with E-state index in [1.165, 1.54) is 5.39 Å². The number of hydrogen-bond acceptors (Lipinski definition) is 1. The Morgan fingerprint density at radius 3 is 2.06 bits per heavy atom. The minimum Gasteiger partial charge on any atom is -0.455 e. The topological polar surface area (TPSA) is 18.1 Å². The lowest BCUT2D eigenvalue weighted by Gasteiger charge is -2.10. The van der Waals surface area contributed by atoms with Crippen molar-refractivity contribution in [2.45, 2.75) is 0 Å². The number of benzene rings is 5. The van der Waals surface area contributed by atoms with Crippen molar-refractivity contribution in [1.82, 2.24) is 4.57 Å². The van der Waals surface area contributed by atoms with Crippen LogP contribution in [0.3, 0.4) is 0 Å². The molecular weight excluding hydrogens is 461 g/mol. The van der Waals surface area contributed by atoms with Gasteiger partial charge in [0.15, 0.2) is 0 Å². The summed E-state index contributed by atoms with van der Waals surface area (Å²) in [6.07, 6.45) is 0. The van der Waals surface area contributed by atoms with Crippen LogP contribution in [0.1, 0.15) is 0 Å². The maximum absolute atomic E-state index is 6.38. The number of halogens is 2. The molecule has 0 radical (unpaired) electrons. The molecule has 0 spiro atoms. The first-order valence-corrected chi connectivity index (χ1v) is 11.8. The summed E-state index contributed by atoms with van der Waals surface area (Å²) in [6.45, 7) is 0. The van der Waals surface area contributed by atoms with Gasteiger partial charge in [0.25, 0.3) is 0 Å². The van der Waals surface area contributed by atoms with E-state index >= 15 is 0 Å². The first kappa shape index (κ1) is 19.7. The van der Waals surface area contributed by atoms with Crippen LogP contribution in [-0.4, -0.2) is 4.57 Å². The van der Waals surface area contributed by atoms with Crippen LogP contribution in [0.25, 0.3) is 60.6 Å². The van der Waals surface area contributed by atoms with Gasteiger partial charge in [-0.1, -0.05) is 71.7 Å². The number of nitrogens with zero attached hydrogens (tertiary/aromatic N) is 1. The highest BCUT2D eigenvalue weighted by molar-refractivity contribution is 6.35. The smallest absolute Gasteiger partial charge is 0.145 e. The second-order valence-electron chi connectivity index (χ2n) is 8.49. The Kier molecular flexibility index (Phi) is 4.29. The Morgan fingerprint density at radius 2 is 1.26 bits per heavy atom. The van der Waals surface area contributed by atoms with Gasteiger partial charge in [0, 0.05) is 31.9 Å². The van der Waals surface area contributed by atoms with Crippen LogP contribution in [0.5, 0.6) is 0 Å². The Morgan fingerprint density at radius 1 is 0.559 bits per heavy atom. The molecule has 5 aromatic carbocycles. The van der Waals surface area contributed by atoms with E-state index < -0.39 is 0 Å². The fraction of sp³-hybridized carbons (Fsp3) is 0. The lowest BCUT2D eigenvalue weighted by Crippen LogP contribution is -1.93.